The normalized spacial score (nSPS) is 20.8. The minimum atomic E-state index is -0.688. The van der Waals surface area contributed by atoms with Crippen LogP contribution in [0.2, 0.25) is 0 Å². The second-order valence-electron chi connectivity index (χ2n) is 5.66. The quantitative estimate of drug-likeness (QED) is 0.680. The van der Waals surface area contributed by atoms with Crippen molar-refractivity contribution in [1.29, 1.82) is 0 Å². The number of phenolic OH excluding ortho intramolecular Hbond substituents is 1. The van der Waals surface area contributed by atoms with Gasteiger partial charge in [-0.05, 0) is 41.4 Å². The van der Waals surface area contributed by atoms with E-state index in [-0.39, 0.29) is 23.7 Å². The van der Waals surface area contributed by atoms with E-state index < -0.39 is 16.4 Å². The fourth-order valence-electron chi connectivity index (χ4n) is 2.75. The minimum absolute atomic E-state index is 0.126. The van der Waals surface area contributed by atoms with Crippen molar-refractivity contribution in [3.8, 4) is 5.75 Å². The third kappa shape index (κ3) is 3.24. The lowest BCUT2D eigenvalue weighted by Crippen LogP contribution is -2.45. The van der Waals surface area contributed by atoms with Crippen molar-refractivity contribution in [2.75, 3.05) is 13.1 Å². The van der Waals surface area contributed by atoms with E-state index in [0.29, 0.717) is 13.1 Å². The summed E-state index contributed by atoms with van der Waals surface area (Å²) < 4.78 is 5.90. The van der Waals surface area contributed by atoms with E-state index in [0.717, 1.165) is 17.7 Å². The van der Waals surface area contributed by atoms with Crippen molar-refractivity contribution in [2.45, 2.75) is 19.1 Å². The molecule has 1 aromatic carbocycles. The van der Waals surface area contributed by atoms with Crippen LogP contribution < -0.4 is 0 Å². The number of benzene rings is 1. The van der Waals surface area contributed by atoms with Crippen LogP contribution >= 0.6 is 11.3 Å². The van der Waals surface area contributed by atoms with Crippen LogP contribution in [-0.2, 0) is 4.74 Å². The molecule has 1 amide bonds. The summed E-state index contributed by atoms with van der Waals surface area (Å²) in [5, 5.41) is 24.4. The molecule has 2 heterocycles. The Morgan fingerprint density at radius 3 is 2.83 bits per heavy atom. The molecule has 1 N–H and O–H groups in total. The standard InChI is InChI=1S/C16H16N2O5S/c1-10-7-17(8-15(23-10)12-4-5-24-9-12)16(20)11-2-3-13(18(21)22)14(19)6-11/h2-6,9-10,15,19H,7-8H2,1H3/t10-,15-/m0/s1. The van der Waals surface area contributed by atoms with Gasteiger partial charge in [-0.2, -0.15) is 11.3 Å². The summed E-state index contributed by atoms with van der Waals surface area (Å²) in [5.74, 6) is -0.794. The van der Waals surface area contributed by atoms with Crippen LogP contribution in [0.4, 0.5) is 5.69 Å². The molecule has 24 heavy (non-hydrogen) atoms. The Balaban J connectivity index is 1.81. The van der Waals surface area contributed by atoms with E-state index >= 15 is 0 Å². The Bertz CT molecular complexity index is 762. The number of nitro benzene ring substituents is 1. The molecule has 0 aliphatic carbocycles. The van der Waals surface area contributed by atoms with Gasteiger partial charge >= 0.3 is 5.69 Å². The number of thiophene rings is 1. The van der Waals surface area contributed by atoms with Gasteiger partial charge in [-0.15, -0.1) is 0 Å². The maximum absolute atomic E-state index is 12.7. The van der Waals surface area contributed by atoms with Crippen molar-refractivity contribution in [3.63, 3.8) is 0 Å². The average Bonchev–Trinajstić information content (AvgIpc) is 3.07. The van der Waals surface area contributed by atoms with E-state index in [1.165, 1.54) is 6.07 Å². The van der Waals surface area contributed by atoms with Gasteiger partial charge in [0.15, 0.2) is 5.75 Å². The van der Waals surface area contributed by atoms with Gasteiger partial charge in [0.2, 0.25) is 0 Å². The van der Waals surface area contributed by atoms with Crippen LogP contribution in [0.1, 0.15) is 28.9 Å². The van der Waals surface area contributed by atoms with Crippen molar-refractivity contribution in [3.05, 3.63) is 56.3 Å². The number of ether oxygens (including phenoxy) is 1. The Hall–Kier alpha value is -2.45. The summed E-state index contributed by atoms with van der Waals surface area (Å²) >= 11 is 1.57. The monoisotopic (exact) mass is 348 g/mol. The van der Waals surface area contributed by atoms with Crippen molar-refractivity contribution in [2.24, 2.45) is 0 Å². The lowest BCUT2D eigenvalue weighted by atomic mass is 10.1. The number of rotatable bonds is 3. The molecular weight excluding hydrogens is 332 g/mol. The SMILES string of the molecule is C[C@H]1CN(C(=O)c2ccc([N+](=O)[O-])c(O)c2)C[C@@H](c2ccsc2)O1. The molecule has 2 aromatic rings. The molecule has 126 valence electrons. The summed E-state index contributed by atoms with van der Waals surface area (Å²) in [7, 11) is 0. The molecule has 1 fully saturated rings. The van der Waals surface area contributed by atoms with E-state index in [1.807, 2.05) is 23.8 Å². The number of nitro groups is 1. The lowest BCUT2D eigenvalue weighted by Gasteiger charge is -2.36. The molecule has 1 aliphatic rings. The smallest absolute Gasteiger partial charge is 0.310 e. The van der Waals surface area contributed by atoms with E-state index in [2.05, 4.69) is 0 Å². The molecule has 0 unspecified atom stereocenters. The molecule has 0 bridgehead atoms. The molecule has 0 radical (unpaired) electrons. The number of nitrogens with zero attached hydrogens (tertiary/aromatic N) is 2. The predicted octanol–water partition coefficient (Wildman–Crippen LogP) is 2.96. The lowest BCUT2D eigenvalue weighted by molar-refractivity contribution is -0.385. The first-order valence-corrected chi connectivity index (χ1v) is 8.34. The molecule has 1 aliphatic heterocycles. The Labute approximate surface area is 142 Å². The number of carbonyl (C=O) groups excluding carboxylic acids is 1. The summed E-state index contributed by atoms with van der Waals surface area (Å²) in [6.45, 7) is 2.72. The number of morpholine rings is 1. The highest BCUT2D eigenvalue weighted by atomic mass is 32.1. The van der Waals surface area contributed by atoms with Crippen molar-refractivity contribution in [1.82, 2.24) is 4.90 Å². The topological polar surface area (TPSA) is 92.9 Å². The molecular formula is C16H16N2O5S. The number of hydrogen-bond donors (Lipinski definition) is 1. The van der Waals surface area contributed by atoms with E-state index in [1.54, 1.807) is 16.2 Å². The van der Waals surface area contributed by atoms with Gasteiger partial charge in [0.1, 0.15) is 6.10 Å². The van der Waals surface area contributed by atoms with Gasteiger partial charge in [0, 0.05) is 18.2 Å². The maximum Gasteiger partial charge on any atom is 0.310 e. The molecule has 2 atom stereocenters. The highest BCUT2D eigenvalue weighted by Gasteiger charge is 2.30. The Kier molecular flexibility index (Phi) is 4.50. The Morgan fingerprint density at radius 1 is 1.42 bits per heavy atom. The number of amides is 1. The average molecular weight is 348 g/mol. The first-order valence-electron chi connectivity index (χ1n) is 7.40. The number of aromatic hydroxyl groups is 1. The molecule has 8 heteroatoms. The zero-order valence-electron chi connectivity index (χ0n) is 12.9. The number of hydrogen-bond acceptors (Lipinski definition) is 6. The maximum atomic E-state index is 12.7. The highest BCUT2D eigenvalue weighted by molar-refractivity contribution is 7.07. The minimum Gasteiger partial charge on any atom is -0.502 e. The predicted molar refractivity (Wildman–Crippen MR) is 88.3 cm³/mol. The van der Waals surface area contributed by atoms with Crippen LogP contribution in [-0.4, -0.2) is 40.0 Å². The van der Waals surface area contributed by atoms with Gasteiger partial charge < -0.3 is 14.7 Å². The summed E-state index contributed by atoms with van der Waals surface area (Å²) in [6, 6.07) is 5.61. The van der Waals surface area contributed by atoms with Crippen LogP contribution in [0.5, 0.6) is 5.75 Å². The largest absolute Gasteiger partial charge is 0.502 e. The summed E-state index contributed by atoms with van der Waals surface area (Å²) in [4.78, 5) is 24.4. The Morgan fingerprint density at radius 2 is 2.21 bits per heavy atom. The van der Waals surface area contributed by atoms with Crippen molar-refractivity contribution >= 4 is 22.9 Å². The van der Waals surface area contributed by atoms with E-state index in [4.69, 9.17) is 4.74 Å². The van der Waals surface area contributed by atoms with Crippen LogP contribution in [0.15, 0.2) is 35.0 Å². The fraction of sp³-hybridized carbons (Fsp3) is 0.312. The van der Waals surface area contributed by atoms with Gasteiger partial charge in [-0.3, -0.25) is 14.9 Å². The first-order chi connectivity index (χ1) is 11.5. The second kappa shape index (κ2) is 6.58. The molecule has 0 saturated carbocycles. The van der Waals surface area contributed by atoms with Crippen LogP contribution in [0.25, 0.3) is 0 Å². The van der Waals surface area contributed by atoms with Gasteiger partial charge in [0.25, 0.3) is 5.91 Å². The zero-order chi connectivity index (χ0) is 17.3. The molecule has 3 rings (SSSR count). The van der Waals surface area contributed by atoms with E-state index in [9.17, 15) is 20.0 Å². The van der Waals surface area contributed by atoms with Crippen LogP contribution in [0, 0.1) is 10.1 Å². The molecule has 1 saturated heterocycles. The molecule has 7 nitrogen and oxygen atoms in total. The van der Waals surface area contributed by atoms with Gasteiger partial charge in [0.05, 0.1) is 17.6 Å². The van der Waals surface area contributed by atoms with Crippen LogP contribution in [0.3, 0.4) is 0 Å². The first kappa shape index (κ1) is 16.4. The number of carbonyl (C=O) groups is 1. The van der Waals surface area contributed by atoms with Gasteiger partial charge in [-0.1, -0.05) is 0 Å². The zero-order valence-corrected chi connectivity index (χ0v) is 13.7. The third-order valence-electron chi connectivity index (χ3n) is 3.88. The summed E-state index contributed by atoms with van der Waals surface area (Å²) in [5.41, 5.74) is 0.824. The molecule has 1 aromatic heterocycles. The van der Waals surface area contributed by atoms with Gasteiger partial charge in [-0.25, -0.2) is 0 Å². The van der Waals surface area contributed by atoms with Crippen molar-refractivity contribution < 1.29 is 19.6 Å². The fourth-order valence-corrected chi connectivity index (χ4v) is 3.45. The summed E-state index contributed by atoms with van der Waals surface area (Å²) in [6.07, 6.45) is -0.324. The molecule has 0 spiro atoms. The number of phenols is 1. The third-order valence-corrected chi connectivity index (χ3v) is 4.58. The second-order valence-corrected chi connectivity index (χ2v) is 6.44. The highest BCUT2D eigenvalue weighted by Crippen LogP contribution is 2.30.